The molecular weight excluding hydrogens is 514 g/mol. The molecule has 0 fully saturated rings. The van der Waals surface area contributed by atoms with Gasteiger partial charge in [-0.3, -0.25) is 9.10 Å². The van der Waals surface area contributed by atoms with Gasteiger partial charge in [-0.25, -0.2) is 13.4 Å². The summed E-state index contributed by atoms with van der Waals surface area (Å²) < 4.78 is 28.2. The highest BCUT2D eigenvalue weighted by atomic mass is 32.2. The predicted octanol–water partition coefficient (Wildman–Crippen LogP) is 3.47. The quantitative estimate of drug-likeness (QED) is 0.328. The number of aromatic nitrogens is 2. The van der Waals surface area contributed by atoms with Crippen molar-refractivity contribution in [3.63, 3.8) is 0 Å². The van der Waals surface area contributed by atoms with Gasteiger partial charge in [-0.05, 0) is 62.6 Å². The molecule has 0 aliphatic carbocycles. The first-order valence-corrected chi connectivity index (χ1v) is 14.0. The first-order chi connectivity index (χ1) is 18.6. The lowest BCUT2D eigenvalue weighted by atomic mass is 9.99. The van der Waals surface area contributed by atoms with Crippen LogP contribution in [0.5, 0.6) is 0 Å². The number of anilines is 3. The molecule has 11 heteroatoms. The molecule has 1 amide bonds. The van der Waals surface area contributed by atoms with Crippen LogP contribution >= 0.6 is 0 Å². The molecule has 3 heterocycles. The van der Waals surface area contributed by atoms with Crippen molar-refractivity contribution >= 4 is 49.9 Å². The van der Waals surface area contributed by atoms with Crippen molar-refractivity contribution in [2.45, 2.75) is 0 Å². The summed E-state index contributed by atoms with van der Waals surface area (Å²) in [4.78, 5) is 19.5. The number of amides is 1. The molecule has 39 heavy (non-hydrogen) atoms. The van der Waals surface area contributed by atoms with Gasteiger partial charge in [0, 0.05) is 48.5 Å². The van der Waals surface area contributed by atoms with Crippen LogP contribution in [0.4, 0.5) is 17.1 Å². The minimum absolute atomic E-state index is 0.297. The van der Waals surface area contributed by atoms with Crippen molar-refractivity contribution < 1.29 is 13.2 Å². The first-order valence-electron chi connectivity index (χ1n) is 12.2. The van der Waals surface area contributed by atoms with E-state index in [1.807, 2.05) is 47.9 Å². The molecule has 0 saturated heterocycles. The van der Waals surface area contributed by atoms with E-state index in [9.17, 15) is 18.5 Å². The van der Waals surface area contributed by atoms with E-state index in [-0.39, 0.29) is 5.91 Å². The van der Waals surface area contributed by atoms with E-state index in [0.717, 1.165) is 5.56 Å². The second-order valence-electron chi connectivity index (χ2n) is 9.49. The first kappa shape index (κ1) is 26.0. The summed E-state index contributed by atoms with van der Waals surface area (Å²) >= 11 is 0. The van der Waals surface area contributed by atoms with E-state index in [0.29, 0.717) is 58.2 Å². The number of nitrogens with zero attached hydrogens (tertiary/aromatic N) is 5. The zero-order valence-electron chi connectivity index (χ0n) is 21.7. The third-order valence-electron chi connectivity index (χ3n) is 6.41. The fraction of sp³-hybridized carbons (Fsp3) is 0.179. The van der Waals surface area contributed by atoms with E-state index in [1.165, 1.54) is 10.6 Å². The molecule has 1 aliphatic heterocycles. The lowest BCUT2D eigenvalue weighted by Gasteiger charge is -2.24. The van der Waals surface area contributed by atoms with Crippen LogP contribution in [0, 0.1) is 11.3 Å². The monoisotopic (exact) mass is 541 g/mol. The number of hydrogen-bond donors (Lipinski definition) is 2. The Labute approximate surface area is 226 Å². The smallest absolute Gasteiger partial charge is 0.258 e. The Kier molecular flexibility index (Phi) is 6.82. The third kappa shape index (κ3) is 5.34. The summed E-state index contributed by atoms with van der Waals surface area (Å²) in [6.07, 6.45) is 6.59. The molecular formula is C28H27N7O3S. The molecule has 4 aromatic rings. The fourth-order valence-electron chi connectivity index (χ4n) is 4.47. The zero-order valence-corrected chi connectivity index (χ0v) is 22.5. The Morgan fingerprint density at radius 1 is 1.08 bits per heavy atom. The van der Waals surface area contributed by atoms with Gasteiger partial charge < -0.3 is 19.9 Å². The molecule has 10 nitrogen and oxygen atoms in total. The van der Waals surface area contributed by atoms with Crippen molar-refractivity contribution in [2.24, 2.45) is 0 Å². The lowest BCUT2D eigenvalue weighted by molar-refractivity contribution is -0.110. The van der Waals surface area contributed by atoms with Crippen molar-refractivity contribution in [1.29, 1.82) is 5.26 Å². The van der Waals surface area contributed by atoms with Gasteiger partial charge in [0.25, 0.3) is 5.91 Å². The number of sulfonamides is 1. The summed E-state index contributed by atoms with van der Waals surface area (Å²) in [5, 5.41) is 15.6. The van der Waals surface area contributed by atoms with E-state index in [1.54, 1.807) is 48.7 Å². The molecule has 2 aromatic carbocycles. The van der Waals surface area contributed by atoms with Gasteiger partial charge in [0.15, 0.2) is 0 Å². The Balaban J connectivity index is 1.57. The second-order valence-corrected chi connectivity index (χ2v) is 11.4. The molecule has 0 spiro atoms. The number of imidazole rings is 1. The number of hydrogen-bond acceptors (Lipinski definition) is 7. The minimum Gasteiger partial charge on any atom is -0.354 e. The maximum absolute atomic E-state index is 13.2. The molecule has 0 atom stereocenters. The van der Waals surface area contributed by atoms with Crippen LogP contribution in [0.2, 0.25) is 0 Å². The molecule has 0 unspecified atom stereocenters. The summed E-state index contributed by atoms with van der Waals surface area (Å²) in [5.74, 6) is -0.297. The van der Waals surface area contributed by atoms with Gasteiger partial charge in [0.1, 0.15) is 5.65 Å². The standard InChI is InChI=1S/C28H27N7O3S/c1-33(2)14-15-35(39(3,37)38)22-7-5-21(6-8-22)31-27(20-10-12-34-13-11-30-25(34)17-20)26-23-9-4-19(18-29)16-24(23)32-28(26)36/h4-13,16-17,31H,14-15H2,1-3H3,(H,32,36)/b27-26-. The number of benzene rings is 2. The predicted molar refractivity (Wildman–Crippen MR) is 153 cm³/mol. The Hall–Kier alpha value is -4.66. The van der Waals surface area contributed by atoms with Gasteiger partial charge >= 0.3 is 0 Å². The highest BCUT2D eigenvalue weighted by Gasteiger charge is 2.29. The number of nitrogens with one attached hydrogen (secondary N) is 2. The number of fused-ring (bicyclic) bond motifs is 2. The second kappa shape index (κ2) is 10.2. The van der Waals surface area contributed by atoms with Crippen molar-refractivity contribution in [3.05, 3.63) is 89.9 Å². The van der Waals surface area contributed by atoms with Gasteiger partial charge in [-0.1, -0.05) is 6.07 Å². The van der Waals surface area contributed by atoms with E-state index in [2.05, 4.69) is 21.7 Å². The van der Waals surface area contributed by atoms with Crippen LogP contribution in [0.1, 0.15) is 16.7 Å². The fourth-order valence-corrected chi connectivity index (χ4v) is 5.39. The zero-order chi connectivity index (χ0) is 27.7. The van der Waals surface area contributed by atoms with Crippen LogP contribution in [-0.4, -0.2) is 62.1 Å². The molecule has 0 saturated carbocycles. The van der Waals surface area contributed by atoms with Crippen LogP contribution in [0.3, 0.4) is 0 Å². The van der Waals surface area contributed by atoms with Gasteiger partial charge in [0.05, 0.1) is 40.5 Å². The molecule has 0 bridgehead atoms. The van der Waals surface area contributed by atoms with Crippen molar-refractivity contribution in [1.82, 2.24) is 14.3 Å². The van der Waals surface area contributed by atoms with Crippen molar-refractivity contribution in [2.75, 3.05) is 48.4 Å². The number of carbonyl (C=O) groups is 1. The van der Waals surface area contributed by atoms with E-state index >= 15 is 0 Å². The number of nitriles is 1. The van der Waals surface area contributed by atoms with Crippen LogP contribution in [0.15, 0.2) is 73.2 Å². The average Bonchev–Trinajstić information content (AvgIpc) is 3.49. The van der Waals surface area contributed by atoms with E-state index in [4.69, 9.17) is 0 Å². The highest BCUT2D eigenvalue weighted by molar-refractivity contribution is 7.92. The molecule has 198 valence electrons. The summed E-state index contributed by atoms with van der Waals surface area (Å²) in [6.45, 7) is 0.890. The van der Waals surface area contributed by atoms with Gasteiger partial charge in [0.2, 0.25) is 10.0 Å². The van der Waals surface area contributed by atoms with Crippen LogP contribution in [0.25, 0.3) is 16.9 Å². The number of likely N-dealkylation sites (N-methyl/N-ethyl adjacent to an activating group) is 1. The molecule has 2 N–H and O–H groups in total. The maximum atomic E-state index is 13.2. The third-order valence-corrected chi connectivity index (χ3v) is 7.60. The lowest BCUT2D eigenvalue weighted by Crippen LogP contribution is -2.35. The maximum Gasteiger partial charge on any atom is 0.258 e. The van der Waals surface area contributed by atoms with Crippen LogP contribution < -0.4 is 14.9 Å². The minimum atomic E-state index is -3.48. The van der Waals surface area contributed by atoms with Gasteiger partial charge in [-0.15, -0.1) is 0 Å². The Bertz CT molecular complexity index is 1750. The summed E-state index contributed by atoms with van der Waals surface area (Å²) in [5.41, 5.74) is 5.34. The average molecular weight is 542 g/mol. The van der Waals surface area contributed by atoms with Crippen molar-refractivity contribution in [3.8, 4) is 6.07 Å². The summed E-state index contributed by atoms with van der Waals surface area (Å²) in [7, 11) is 0.306. The van der Waals surface area contributed by atoms with E-state index < -0.39 is 10.0 Å². The summed E-state index contributed by atoms with van der Waals surface area (Å²) in [6, 6.07) is 18.0. The molecule has 5 rings (SSSR count). The Morgan fingerprint density at radius 2 is 1.85 bits per heavy atom. The number of carbonyl (C=O) groups excluding carboxylic acids is 1. The Morgan fingerprint density at radius 3 is 2.54 bits per heavy atom. The molecule has 2 aromatic heterocycles. The highest BCUT2D eigenvalue weighted by Crippen LogP contribution is 2.38. The number of pyridine rings is 1. The topological polar surface area (TPSA) is 123 Å². The molecule has 0 radical (unpaired) electrons. The normalized spacial score (nSPS) is 14.2. The molecule has 1 aliphatic rings. The van der Waals surface area contributed by atoms with Gasteiger partial charge in [-0.2, -0.15) is 5.26 Å². The van der Waals surface area contributed by atoms with Crippen LogP contribution in [-0.2, 0) is 14.8 Å². The largest absolute Gasteiger partial charge is 0.354 e. The SMILES string of the molecule is CN(C)CCN(c1ccc(N/C(=C2\C(=O)Nc3cc(C#N)ccc32)c2ccn3ccnc3c2)cc1)S(C)(=O)=O. The number of rotatable bonds is 8.